The molecule has 3 amide bonds. The Morgan fingerprint density at radius 3 is 2.51 bits per heavy atom. The molecule has 0 bridgehead atoms. The minimum Gasteiger partial charge on any atom is -0.444 e. The van der Waals surface area contributed by atoms with Crippen molar-refractivity contribution in [1.82, 2.24) is 24.9 Å². The minimum absolute atomic E-state index is 0.0144. The highest BCUT2D eigenvalue weighted by atomic mass is 35.5. The van der Waals surface area contributed by atoms with Gasteiger partial charge in [-0.05, 0) is 54.3 Å². The molecule has 3 aliphatic rings. The van der Waals surface area contributed by atoms with E-state index in [9.17, 15) is 32.7 Å². The van der Waals surface area contributed by atoms with Crippen LogP contribution in [0.4, 0.5) is 0 Å². The lowest BCUT2D eigenvalue weighted by Crippen LogP contribution is -2.51. The Morgan fingerprint density at radius 1 is 1.09 bits per heavy atom. The molecular formula is C30H36ClN5O8S. The van der Waals surface area contributed by atoms with Gasteiger partial charge in [0.25, 0.3) is 11.8 Å². The number of piperidine rings is 1. The van der Waals surface area contributed by atoms with Gasteiger partial charge in [-0.1, -0.05) is 23.7 Å². The van der Waals surface area contributed by atoms with E-state index >= 15 is 0 Å². The Bertz CT molecular complexity index is 1630. The van der Waals surface area contributed by atoms with Gasteiger partial charge in [0.05, 0.1) is 24.0 Å². The number of carbonyl (C=O) groups is 4. The van der Waals surface area contributed by atoms with Crippen molar-refractivity contribution in [3.63, 3.8) is 0 Å². The number of aliphatic hydroxyl groups is 1. The van der Waals surface area contributed by atoms with Crippen molar-refractivity contribution >= 4 is 55.9 Å². The summed E-state index contributed by atoms with van der Waals surface area (Å²) in [7, 11) is -3.95. The highest BCUT2D eigenvalue weighted by Crippen LogP contribution is 2.30. The zero-order valence-corrected chi connectivity index (χ0v) is 26.4. The van der Waals surface area contributed by atoms with Crippen LogP contribution in [0.1, 0.15) is 32.6 Å². The maximum absolute atomic E-state index is 13.2. The van der Waals surface area contributed by atoms with Crippen molar-refractivity contribution in [3.8, 4) is 0 Å². The summed E-state index contributed by atoms with van der Waals surface area (Å²) >= 11 is 6.01. The number of ether oxygens (including phenoxy) is 1. The van der Waals surface area contributed by atoms with E-state index in [2.05, 4.69) is 5.32 Å². The predicted molar refractivity (Wildman–Crippen MR) is 164 cm³/mol. The lowest BCUT2D eigenvalue weighted by atomic mass is 10.0. The molecule has 3 heterocycles. The van der Waals surface area contributed by atoms with Crippen molar-refractivity contribution in [2.45, 2.75) is 49.6 Å². The molecule has 2 aromatic rings. The number of hydrogen-bond acceptors (Lipinski definition) is 10. The van der Waals surface area contributed by atoms with Gasteiger partial charge in [-0.25, -0.2) is 8.42 Å². The number of esters is 1. The van der Waals surface area contributed by atoms with Gasteiger partial charge in [0.2, 0.25) is 5.91 Å². The van der Waals surface area contributed by atoms with E-state index in [1.54, 1.807) is 40.3 Å². The number of aliphatic hydroxyl groups excluding tert-OH is 1. The molecule has 13 nitrogen and oxygen atoms in total. The van der Waals surface area contributed by atoms with Crippen molar-refractivity contribution < 1.29 is 37.4 Å². The topological polar surface area (TPSA) is 157 Å². The lowest BCUT2D eigenvalue weighted by molar-refractivity contribution is -0.147. The third-order valence-corrected chi connectivity index (χ3v) is 10.1. The van der Waals surface area contributed by atoms with E-state index in [0.29, 0.717) is 55.3 Å². The molecule has 5 rings (SSSR count). The molecule has 2 aromatic carbocycles. The number of fused-ring (bicyclic) bond motifs is 2. The molecule has 0 aliphatic carbocycles. The number of carbonyl (C=O) groups excluding carboxylic acids is 4. The third-order valence-electron chi connectivity index (χ3n) is 8.14. The fourth-order valence-corrected chi connectivity index (χ4v) is 7.27. The van der Waals surface area contributed by atoms with Crippen LogP contribution in [0.5, 0.6) is 0 Å². The molecule has 0 spiro atoms. The summed E-state index contributed by atoms with van der Waals surface area (Å²) in [5, 5.41) is 15.2. The van der Waals surface area contributed by atoms with Crippen LogP contribution in [-0.2, 0) is 33.8 Å². The summed E-state index contributed by atoms with van der Waals surface area (Å²) in [6.07, 6.45) is 1.59. The average molecular weight is 662 g/mol. The van der Waals surface area contributed by atoms with Crippen molar-refractivity contribution in [2.24, 2.45) is 0 Å². The van der Waals surface area contributed by atoms with Crippen LogP contribution in [-0.4, -0.2) is 114 Å². The second-order valence-electron chi connectivity index (χ2n) is 11.4. The molecule has 2 saturated heterocycles. The van der Waals surface area contributed by atoms with E-state index in [1.807, 2.05) is 4.90 Å². The first-order valence-electron chi connectivity index (χ1n) is 14.7. The summed E-state index contributed by atoms with van der Waals surface area (Å²) < 4.78 is 31.3. The zero-order valence-electron chi connectivity index (χ0n) is 24.9. The summed E-state index contributed by atoms with van der Waals surface area (Å²) in [6.45, 7) is 3.14. The Kier molecular flexibility index (Phi) is 9.85. The molecule has 15 heteroatoms. The molecule has 0 saturated carbocycles. The standard InChI is InChI=1S/C30H36ClN5O8S/c1-20(37)32-10-2-3-28(39)44-19-33-15-26-29(40)36(18-35(26)17-33)24-8-11-34(12-9-24)30(41)27(38)16-45(42,43)25-7-5-21-13-23(31)6-4-22(21)14-25/h4-7,13-15,24,27,38H,2-3,8-12,16-19H2,1H3,(H,32,37)/t27-/m1/s1. The van der Waals surface area contributed by atoms with E-state index < -0.39 is 27.6 Å². The van der Waals surface area contributed by atoms with Gasteiger partial charge in [-0.15, -0.1) is 0 Å². The summed E-state index contributed by atoms with van der Waals surface area (Å²) in [5.41, 5.74) is 0.507. The van der Waals surface area contributed by atoms with E-state index in [-0.39, 0.29) is 55.0 Å². The van der Waals surface area contributed by atoms with Crippen LogP contribution in [0.3, 0.4) is 0 Å². The molecule has 2 fully saturated rings. The Labute approximate surface area is 266 Å². The summed E-state index contributed by atoms with van der Waals surface area (Å²) in [6, 6.07) is 9.56. The minimum atomic E-state index is -3.95. The SMILES string of the molecule is CC(=O)NCCCC(=O)OCN1C=C2C(=O)N(C3CCN(C(=O)[C@H](O)CS(=O)(=O)c4ccc5cc(Cl)ccc5c4)CC3)CN2C1. The van der Waals surface area contributed by atoms with Gasteiger partial charge >= 0.3 is 5.97 Å². The van der Waals surface area contributed by atoms with Crippen LogP contribution >= 0.6 is 11.6 Å². The highest BCUT2D eigenvalue weighted by Gasteiger charge is 2.42. The van der Waals surface area contributed by atoms with Gasteiger partial charge in [0, 0.05) is 50.2 Å². The number of halogens is 1. The second-order valence-corrected chi connectivity index (χ2v) is 13.9. The quantitative estimate of drug-likeness (QED) is 0.265. The van der Waals surface area contributed by atoms with E-state index in [1.165, 1.54) is 24.0 Å². The number of likely N-dealkylation sites (tertiary alicyclic amines) is 1. The number of amides is 3. The molecule has 0 radical (unpaired) electrons. The van der Waals surface area contributed by atoms with Crippen LogP contribution < -0.4 is 5.32 Å². The molecule has 3 aliphatic heterocycles. The van der Waals surface area contributed by atoms with Gasteiger partial charge in [0.15, 0.2) is 16.6 Å². The van der Waals surface area contributed by atoms with Gasteiger partial charge in [-0.2, -0.15) is 0 Å². The third kappa shape index (κ3) is 7.68. The molecule has 0 unspecified atom stereocenters. The van der Waals surface area contributed by atoms with Crippen LogP contribution in [0, 0.1) is 0 Å². The number of rotatable bonds is 11. The largest absolute Gasteiger partial charge is 0.444 e. The molecular weight excluding hydrogens is 626 g/mol. The number of nitrogens with zero attached hydrogens (tertiary/aromatic N) is 4. The van der Waals surface area contributed by atoms with Gasteiger partial charge < -0.3 is 34.8 Å². The second kappa shape index (κ2) is 13.6. The fourth-order valence-electron chi connectivity index (χ4n) is 5.75. The maximum Gasteiger partial charge on any atom is 0.307 e. The van der Waals surface area contributed by atoms with Crippen molar-refractivity contribution in [2.75, 3.05) is 45.5 Å². The Morgan fingerprint density at radius 2 is 1.80 bits per heavy atom. The van der Waals surface area contributed by atoms with E-state index in [0.717, 1.165) is 5.39 Å². The maximum atomic E-state index is 13.2. The lowest BCUT2D eigenvalue weighted by Gasteiger charge is -2.37. The number of hydrogen-bond donors (Lipinski definition) is 2. The van der Waals surface area contributed by atoms with Gasteiger partial charge in [0.1, 0.15) is 11.8 Å². The van der Waals surface area contributed by atoms with Crippen LogP contribution in [0.2, 0.25) is 5.02 Å². The highest BCUT2D eigenvalue weighted by molar-refractivity contribution is 7.91. The Balaban J connectivity index is 1.08. The molecule has 0 aromatic heterocycles. The normalized spacial score (nSPS) is 17.8. The Hall–Kier alpha value is -3.88. The zero-order chi connectivity index (χ0) is 32.3. The monoisotopic (exact) mass is 661 g/mol. The predicted octanol–water partition coefficient (Wildman–Crippen LogP) is 1.25. The number of nitrogens with one attached hydrogen (secondary N) is 1. The molecule has 1 atom stereocenters. The summed E-state index contributed by atoms with van der Waals surface area (Å²) in [4.78, 5) is 55.9. The van der Waals surface area contributed by atoms with Crippen molar-refractivity contribution in [1.29, 1.82) is 0 Å². The number of sulfone groups is 1. The smallest absolute Gasteiger partial charge is 0.307 e. The first kappa shape index (κ1) is 32.5. The first-order chi connectivity index (χ1) is 21.4. The van der Waals surface area contributed by atoms with Crippen molar-refractivity contribution in [3.05, 3.63) is 53.3 Å². The summed E-state index contributed by atoms with van der Waals surface area (Å²) in [5.74, 6) is -2.07. The molecule has 45 heavy (non-hydrogen) atoms. The number of benzene rings is 2. The van der Waals surface area contributed by atoms with Crippen LogP contribution in [0.15, 0.2) is 53.2 Å². The molecule has 2 N–H and O–H groups in total. The van der Waals surface area contributed by atoms with Crippen LogP contribution in [0.25, 0.3) is 10.8 Å². The van der Waals surface area contributed by atoms with E-state index in [4.69, 9.17) is 16.3 Å². The van der Waals surface area contributed by atoms with Gasteiger partial charge in [-0.3, -0.25) is 19.2 Å². The fraction of sp³-hybridized carbons (Fsp3) is 0.467. The average Bonchev–Trinajstić information content (AvgIpc) is 3.55. The first-order valence-corrected chi connectivity index (χ1v) is 16.7. The molecule has 242 valence electrons.